The molecule has 0 aromatic heterocycles. The third-order valence-electron chi connectivity index (χ3n) is 4.04. The second kappa shape index (κ2) is 6.10. The average Bonchev–Trinajstić information content (AvgIpc) is 2.50. The minimum Gasteiger partial charge on any atom is -0.366 e. The van der Waals surface area contributed by atoms with Gasteiger partial charge in [-0.2, -0.15) is 0 Å². The maximum absolute atomic E-state index is 3.46. The van der Waals surface area contributed by atoms with Gasteiger partial charge in [-0.25, -0.2) is 0 Å². The van der Waals surface area contributed by atoms with Gasteiger partial charge in [0.25, 0.3) is 0 Å². The number of nitrogens with zero attached hydrogens (tertiary/aromatic N) is 1. The zero-order valence-electron chi connectivity index (χ0n) is 12.0. The van der Waals surface area contributed by atoms with Crippen LogP contribution in [0.1, 0.15) is 18.1 Å². The fourth-order valence-corrected chi connectivity index (χ4v) is 2.96. The highest BCUT2D eigenvalue weighted by atomic mass is 15.2. The van der Waals surface area contributed by atoms with E-state index in [1.165, 1.54) is 16.8 Å². The van der Waals surface area contributed by atoms with E-state index in [2.05, 4.69) is 71.7 Å². The monoisotopic (exact) mass is 266 g/mol. The van der Waals surface area contributed by atoms with E-state index in [1.807, 2.05) is 0 Å². The van der Waals surface area contributed by atoms with Crippen LogP contribution in [0.15, 0.2) is 54.6 Å². The number of piperazine rings is 1. The van der Waals surface area contributed by atoms with E-state index in [9.17, 15) is 0 Å². The van der Waals surface area contributed by atoms with Gasteiger partial charge in [-0.05, 0) is 30.5 Å². The topological polar surface area (TPSA) is 15.3 Å². The van der Waals surface area contributed by atoms with Crippen molar-refractivity contribution in [3.8, 4) is 0 Å². The molecular formula is C18H22N2. The van der Waals surface area contributed by atoms with Crippen LogP contribution in [0.3, 0.4) is 0 Å². The van der Waals surface area contributed by atoms with Gasteiger partial charge in [0.1, 0.15) is 0 Å². The average molecular weight is 266 g/mol. The van der Waals surface area contributed by atoms with Gasteiger partial charge >= 0.3 is 0 Å². The Balaban J connectivity index is 1.88. The number of rotatable bonds is 3. The molecule has 0 saturated carbocycles. The van der Waals surface area contributed by atoms with E-state index in [4.69, 9.17) is 0 Å². The lowest BCUT2D eigenvalue weighted by Gasteiger charge is -2.37. The number of nitrogens with one attached hydrogen (secondary N) is 1. The van der Waals surface area contributed by atoms with Crippen molar-refractivity contribution in [2.45, 2.75) is 19.4 Å². The molecule has 0 spiro atoms. The zero-order valence-corrected chi connectivity index (χ0v) is 12.0. The van der Waals surface area contributed by atoms with Crippen LogP contribution in [0.25, 0.3) is 0 Å². The second-order valence-electron chi connectivity index (χ2n) is 5.54. The molecule has 1 saturated heterocycles. The van der Waals surface area contributed by atoms with Crippen LogP contribution in [0.4, 0.5) is 5.69 Å². The summed E-state index contributed by atoms with van der Waals surface area (Å²) in [6, 6.07) is 20.1. The number of benzene rings is 2. The molecule has 20 heavy (non-hydrogen) atoms. The molecule has 1 fully saturated rings. The Morgan fingerprint density at radius 2 is 1.80 bits per heavy atom. The molecule has 104 valence electrons. The molecule has 0 bridgehead atoms. The Morgan fingerprint density at radius 3 is 2.60 bits per heavy atom. The zero-order chi connectivity index (χ0) is 13.8. The molecule has 1 aliphatic rings. The van der Waals surface area contributed by atoms with Gasteiger partial charge < -0.3 is 10.2 Å². The van der Waals surface area contributed by atoms with E-state index in [0.717, 1.165) is 26.1 Å². The fourth-order valence-electron chi connectivity index (χ4n) is 2.96. The van der Waals surface area contributed by atoms with E-state index in [-0.39, 0.29) is 0 Å². The molecule has 3 rings (SSSR count). The van der Waals surface area contributed by atoms with Crippen molar-refractivity contribution in [2.24, 2.45) is 0 Å². The van der Waals surface area contributed by atoms with Crippen LogP contribution in [-0.4, -0.2) is 25.7 Å². The Bertz CT molecular complexity index is 550. The van der Waals surface area contributed by atoms with Gasteiger partial charge in [-0.3, -0.25) is 0 Å². The van der Waals surface area contributed by atoms with Crippen molar-refractivity contribution in [2.75, 3.05) is 24.5 Å². The van der Waals surface area contributed by atoms with E-state index < -0.39 is 0 Å². The summed E-state index contributed by atoms with van der Waals surface area (Å²) < 4.78 is 0. The summed E-state index contributed by atoms with van der Waals surface area (Å²) in [7, 11) is 0. The predicted molar refractivity (Wildman–Crippen MR) is 85.4 cm³/mol. The van der Waals surface area contributed by atoms with Gasteiger partial charge in [-0.1, -0.05) is 48.5 Å². The minimum absolute atomic E-state index is 0.556. The van der Waals surface area contributed by atoms with Crippen molar-refractivity contribution in [3.63, 3.8) is 0 Å². The molecule has 2 heteroatoms. The highest BCUT2D eigenvalue weighted by Gasteiger charge is 2.20. The van der Waals surface area contributed by atoms with Gasteiger partial charge in [0.2, 0.25) is 0 Å². The maximum atomic E-state index is 3.46. The quantitative estimate of drug-likeness (QED) is 0.918. The standard InChI is InChI=1S/C18H22N2/c1-15-14-19-11-12-20(15)18-10-6-5-9-17(18)13-16-7-3-2-4-8-16/h2-10,15,19H,11-14H2,1H3. The Labute approximate surface area is 121 Å². The summed E-state index contributed by atoms with van der Waals surface area (Å²) in [5.41, 5.74) is 4.19. The Kier molecular flexibility index (Phi) is 4.03. The predicted octanol–water partition coefficient (Wildman–Crippen LogP) is 3.08. The van der Waals surface area contributed by atoms with Crippen molar-refractivity contribution >= 4 is 5.69 Å². The highest BCUT2D eigenvalue weighted by molar-refractivity contribution is 5.56. The molecule has 0 amide bonds. The van der Waals surface area contributed by atoms with Gasteiger partial charge in [0, 0.05) is 31.4 Å². The van der Waals surface area contributed by atoms with Crippen LogP contribution in [0.5, 0.6) is 0 Å². The molecule has 2 aromatic carbocycles. The normalized spacial score (nSPS) is 19.1. The highest BCUT2D eigenvalue weighted by Crippen LogP contribution is 2.25. The summed E-state index contributed by atoms with van der Waals surface area (Å²) in [5, 5.41) is 3.46. The Hall–Kier alpha value is -1.80. The van der Waals surface area contributed by atoms with Crippen LogP contribution in [0.2, 0.25) is 0 Å². The number of para-hydroxylation sites is 1. The fraction of sp³-hybridized carbons (Fsp3) is 0.333. The number of anilines is 1. The third-order valence-corrected chi connectivity index (χ3v) is 4.04. The van der Waals surface area contributed by atoms with Crippen LogP contribution in [0, 0.1) is 0 Å². The largest absolute Gasteiger partial charge is 0.366 e. The smallest absolute Gasteiger partial charge is 0.0405 e. The van der Waals surface area contributed by atoms with Crippen molar-refractivity contribution in [1.29, 1.82) is 0 Å². The van der Waals surface area contributed by atoms with Crippen molar-refractivity contribution < 1.29 is 0 Å². The molecule has 0 radical (unpaired) electrons. The van der Waals surface area contributed by atoms with E-state index in [0.29, 0.717) is 6.04 Å². The van der Waals surface area contributed by atoms with Crippen LogP contribution >= 0.6 is 0 Å². The first-order valence-corrected chi connectivity index (χ1v) is 7.44. The third kappa shape index (κ3) is 2.86. The molecular weight excluding hydrogens is 244 g/mol. The lowest BCUT2D eigenvalue weighted by molar-refractivity contribution is 0.500. The summed E-state index contributed by atoms with van der Waals surface area (Å²) in [6.45, 7) is 5.53. The first-order chi connectivity index (χ1) is 9.84. The maximum Gasteiger partial charge on any atom is 0.0405 e. The minimum atomic E-state index is 0.556. The molecule has 2 aromatic rings. The van der Waals surface area contributed by atoms with Crippen LogP contribution in [-0.2, 0) is 6.42 Å². The molecule has 1 heterocycles. The van der Waals surface area contributed by atoms with Gasteiger partial charge in [-0.15, -0.1) is 0 Å². The van der Waals surface area contributed by atoms with Crippen molar-refractivity contribution in [3.05, 3.63) is 65.7 Å². The Morgan fingerprint density at radius 1 is 1.05 bits per heavy atom. The lowest BCUT2D eigenvalue weighted by Crippen LogP contribution is -2.50. The van der Waals surface area contributed by atoms with Gasteiger partial charge in [0.05, 0.1) is 0 Å². The van der Waals surface area contributed by atoms with Crippen LogP contribution < -0.4 is 10.2 Å². The molecule has 1 N–H and O–H groups in total. The SMILES string of the molecule is CC1CNCCN1c1ccccc1Cc1ccccc1. The molecule has 1 aliphatic heterocycles. The van der Waals surface area contributed by atoms with E-state index in [1.54, 1.807) is 0 Å². The summed E-state index contributed by atoms with van der Waals surface area (Å²) >= 11 is 0. The number of hydrogen-bond acceptors (Lipinski definition) is 2. The summed E-state index contributed by atoms with van der Waals surface area (Å²) in [6.07, 6.45) is 1.01. The molecule has 1 atom stereocenters. The summed E-state index contributed by atoms with van der Waals surface area (Å²) in [4.78, 5) is 2.54. The first-order valence-electron chi connectivity index (χ1n) is 7.44. The number of hydrogen-bond donors (Lipinski definition) is 1. The molecule has 1 unspecified atom stereocenters. The molecule has 2 nitrogen and oxygen atoms in total. The molecule has 0 aliphatic carbocycles. The summed E-state index contributed by atoms with van der Waals surface area (Å²) in [5.74, 6) is 0. The lowest BCUT2D eigenvalue weighted by atomic mass is 10.0. The second-order valence-corrected chi connectivity index (χ2v) is 5.54. The van der Waals surface area contributed by atoms with Gasteiger partial charge in [0.15, 0.2) is 0 Å². The van der Waals surface area contributed by atoms with E-state index >= 15 is 0 Å². The first kappa shape index (κ1) is 13.2. The van der Waals surface area contributed by atoms with Crippen molar-refractivity contribution in [1.82, 2.24) is 5.32 Å².